The van der Waals surface area contributed by atoms with Crippen molar-refractivity contribution in [3.63, 3.8) is 0 Å². The Morgan fingerprint density at radius 2 is 1.69 bits per heavy atom. The molecule has 29 heavy (non-hydrogen) atoms. The van der Waals surface area contributed by atoms with Gasteiger partial charge in [-0.3, -0.25) is 19.1 Å². The van der Waals surface area contributed by atoms with Crippen LogP contribution in [0.5, 0.6) is 0 Å². The van der Waals surface area contributed by atoms with Crippen molar-refractivity contribution in [2.45, 2.75) is 20.4 Å². The van der Waals surface area contributed by atoms with Gasteiger partial charge < -0.3 is 20.4 Å². The normalized spacial score (nSPS) is 14.5. The number of carbonyl (C=O) groups is 3. The fourth-order valence-electron chi connectivity index (χ4n) is 3.16. The summed E-state index contributed by atoms with van der Waals surface area (Å²) < 4.78 is 1.52. The molecule has 0 atom stereocenters. The zero-order chi connectivity index (χ0) is 21.0. The summed E-state index contributed by atoms with van der Waals surface area (Å²) in [5.74, 6) is -0.559. The van der Waals surface area contributed by atoms with Crippen LogP contribution in [0.25, 0.3) is 0 Å². The molecule has 1 aromatic heterocycles. The molecule has 2 heterocycles. The minimum atomic E-state index is -0.269. The van der Waals surface area contributed by atoms with Crippen LogP contribution in [0, 0.1) is 6.92 Å². The van der Waals surface area contributed by atoms with E-state index >= 15 is 0 Å². The van der Waals surface area contributed by atoms with E-state index < -0.39 is 0 Å². The molecule has 3 amide bonds. The minimum absolute atomic E-state index is 0.00772. The summed E-state index contributed by atoms with van der Waals surface area (Å²) in [7, 11) is 2.03. The SMILES string of the molecule is CC(=O)Nc1cccc(NC(=O)Cn2nc(C(=O)N3CCN(C)CC3)cc2C)c1. The van der Waals surface area contributed by atoms with Crippen LogP contribution in [-0.4, -0.2) is 70.5 Å². The predicted molar refractivity (Wildman–Crippen MR) is 110 cm³/mol. The number of piperazine rings is 1. The Hall–Kier alpha value is -3.20. The number of carbonyl (C=O) groups excluding carboxylic acids is 3. The number of anilines is 2. The summed E-state index contributed by atoms with van der Waals surface area (Å²) in [5.41, 5.74) is 2.27. The molecule has 154 valence electrons. The smallest absolute Gasteiger partial charge is 0.274 e. The average Bonchev–Trinajstić information content (AvgIpc) is 3.02. The molecular formula is C20H26N6O3. The quantitative estimate of drug-likeness (QED) is 0.788. The highest BCUT2D eigenvalue weighted by atomic mass is 16.2. The highest BCUT2D eigenvalue weighted by Gasteiger charge is 2.23. The van der Waals surface area contributed by atoms with Crippen LogP contribution in [-0.2, 0) is 16.1 Å². The maximum Gasteiger partial charge on any atom is 0.274 e. The van der Waals surface area contributed by atoms with Gasteiger partial charge in [-0.25, -0.2) is 0 Å². The van der Waals surface area contributed by atoms with Crippen molar-refractivity contribution in [3.8, 4) is 0 Å². The average molecular weight is 398 g/mol. The molecule has 1 aromatic carbocycles. The summed E-state index contributed by atoms with van der Waals surface area (Å²) in [6.07, 6.45) is 0. The van der Waals surface area contributed by atoms with Gasteiger partial charge in [-0.2, -0.15) is 5.10 Å². The lowest BCUT2D eigenvalue weighted by Crippen LogP contribution is -2.47. The Kier molecular flexibility index (Phi) is 6.28. The molecule has 0 aliphatic carbocycles. The van der Waals surface area contributed by atoms with E-state index in [4.69, 9.17) is 0 Å². The number of hydrogen-bond donors (Lipinski definition) is 2. The Morgan fingerprint density at radius 1 is 1.03 bits per heavy atom. The zero-order valence-electron chi connectivity index (χ0n) is 16.9. The maximum atomic E-state index is 12.7. The number of hydrogen-bond acceptors (Lipinski definition) is 5. The van der Waals surface area contributed by atoms with E-state index in [0.717, 1.165) is 18.8 Å². The molecule has 1 aliphatic rings. The van der Waals surface area contributed by atoms with E-state index in [1.54, 1.807) is 35.2 Å². The maximum absolute atomic E-state index is 12.7. The molecule has 0 saturated carbocycles. The first-order valence-electron chi connectivity index (χ1n) is 9.51. The van der Waals surface area contributed by atoms with Gasteiger partial charge in [0.2, 0.25) is 11.8 Å². The molecule has 2 aromatic rings. The molecule has 3 rings (SSSR count). The molecule has 0 spiro atoms. The van der Waals surface area contributed by atoms with Crippen molar-refractivity contribution in [3.05, 3.63) is 41.7 Å². The van der Waals surface area contributed by atoms with Gasteiger partial charge in [-0.15, -0.1) is 0 Å². The molecule has 1 saturated heterocycles. The van der Waals surface area contributed by atoms with E-state index in [0.29, 0.717) is 30.2 Å². The summed E-state index contributed by atoms with van der Waals surface area (Å²) in [4.78, 5) is 40.2. The van der Waals surface area contributed by atoms with Gasteiger partial charge >= 0.3 is 0 Å². The second kappa shape index (κ2) is 8.87. The topological polar surface area (TPSA) is 99.6 Å². The van der Waals surface area contributed by atoms with E-state index in [-0.39, 0.29) is 24.3 Å². The van der Waals surface area contributed by atoms with Crippen molar-refractivity contribution >= 4 is 29.1 Å². The van der Waals surface area contributed by atoms with Crippen LogP contribution < -0.4 is 10.6 Å². The van der Waals surface area contributed by atoms with Crippen LogP contribution in [0.1, 0.15) is 23.1 Å². The first-order chi connectivity index (χ1) is 13.8. The van der Waals surface area contributed by atoms with Crippen molar-refractivity contribution in [2.24, 2.45) is 0 Å². The molecule has 1 aliphatic heterocycles. The number of nitrogens with zero attached hydrogens (tertiary/aromatic N) is 4. The summed E-state index contributed by atoms with van der Waals surface area (Å²) in [6, 6.07) is 8.61. The molecule has 0 unspecified atom stereocenters. The van der Waals surface area contributed by atoms with Crippen LogP contribution >= 0.6 is 0 Å². The number of benzene rings is 1. The first kappa shape index (κ1) is 20.5. The number of aromatic nitrogens is 2. The van der Waals surface area contributed by atoms with Crippen LogP contribution in [0.15, 0.2) is 30.3 Å². The molecule has 0 bridgehead atoms. The van der Waals surface area contributed by atoms with Gasteiger partial charge in [0.25, 0.3) is 5.91 Å². The van der Waals surface area contributed by atoms with Crippen LogP contribution in [0.4, 0.5) is 11.4 Å². The number of amides is 3. The highest BCUT2D eigenvalue weighted by molar-refractivity contribution is 5.94. The van der Waals surface area contributed by atoms with Crippen molar-refractivity contribution < 1.29 is 14.4 Å². The third kappa shape index (κ3) is 5.41. The van der Waals surface area contributed by atoms with Crippen molar-refractivity contribution in [2.75, 3.05) is 43.9 Å². The lowest BCUT2D eigenvalue weighted by molar-refractivity contribution is -0.117. The molecule has 9 nitrogen and oxygen atoms in total. The Labute approximate surface area is 169 Å². The van der Waals surface area contributed by atoms with Gasteiger partial charge in [0.05, 0.1) is 0 Å². The predicted octanol–water partition coefficient (Wildman–Crippen LogP) is 1.18. The number of rotatable bonds is 5. The fourth-order valence-corrected chi connectivity index (χ4v) is 3.16. The third-order valence-electron chi connectivity index (χ3n) is 4.75. The van der Waals surface area contributed by atoms with E-state index in [2.05, 4.69) is 20.6 Å². The number of likely N-dealkylation sites (N-methyl/N-ethyl adjacent to an activating group) is 1. The second-order valence-corrected chi connectivity index (χ2v) is 7.23. The lowest BCUT2D eigenvalue weighted by Gasteiger charge is -2.31. The summed E-state index contributed by atoms with van der Waals surface area (Å²) in [5, 5.41) is 9.80. The fraction of sp³-hybridized carbons (Fsp3) is 0.400. The summed E-state index contributed by atoms with van der Waals surface area (Å²) in [6.45, 7) is 6.26. The molecule has 1 fully saturated rings. The van der Waals surface area contributed by atoms with Crippen LogP contribution in [0.2, 0.25) is 0 Å². The van der Waals surface area contributed by atoms with Gasteiger partial charge in [0, 0.05) is 50.2 Å². The van der Waals surface area contributed by atoms with E-state index in [9.17, 15) is 14.4 Å². The summed E-state index contributed by atoms with van der Waals surface area (Å²) >= 11 is 0. The Bertz CT molecular complexity index is 915. The zero-order valence-corrected chi connectivity index (χ0v) is 16.9. The third-order valence-corrected chi connectivity index (χ3v) is 4.75. The Morgan fingerprint density at radius 3 is 2.34 bits per heavy atom. The van der Waals surface area contributed by atoms with E-state index in [1.807, 2.05) is 14.0 Å². The molecule has 9 heteroatoms. The van der Waals surface area contributed by atoms with Crippen molar-refractivity contribution in [1.82, 2.24) is 19.6 Å². The highest BCUT2D eigenvalue weighted by Crippen LogP contribution is 2.15. The molecule has 2 N–H and O–H groups in total. The van der Waals surface area contributed by atoms with Crippen molar-refractivity contribution in [1.29, 1.82) is 0 Å². The molecular weight excluding hydrogens is 372 g/mol. The lowest BCUT2D eigenvalue weighted by atomic mass is 10.2. The first-order valence-corrected chi connectivity index (χ1v) is 9.51. The molecule has 0 radical (unpaired) electrons. The monoisotopic (exact) mass is 398 g/mol. The largest absolute Gasteiger partial charge is 0.335 e. The van der Waals surface area contributed by atoms with Gasteiger partial charge in [-0.1, -0.05) is 6.07 Å². The minimum Gasteiger partial charge on any atom is -0.335 e. The second-order valence-electron chi connectivity index (χ2n) is 7.23. The van der Waals surface area contributed by atoms with Gasteiger partial charge in [0.1, 0.15) is 6.54 Å². The number of nitrogens with one attached hydrogen (secondary N) is 2. The van der Waals surface area contributed by atoms with Crippen LogP contribution in [0.3, 0.4) is 0 Å². The Balaban J connectivity index is 1.62. The number of aryl methyl sites for hydroxylation is 1. The van der Waals surface area contributed by atoms with Gasteiger partial charge in [0.15, 0.2) is 5.69 Å². The van der Waals surface area contributed by atoms with Gasteiger partial charge in [-0.05, 0) is 38.2 Å². The standard InChI is InChI=1S/C20H26N6O3/c1-14-11-18(20(29)25-9-7-24(3)8-10-25)23-26(14)13-19(28)22-17-6-4-5-16(12-17)21-15(2)27/h4-6,11-12H,7-10,13H2,1-3H3,(H,21,27)(H,22,28). The van der Waals surface area contributed by atoms with E-state index in [1.165, 1.54) is 11.6 Å².